The molecule has 0 saturated carbocycles. The van der Waals surface area contributed by atoms with E-state index in [1.165, 1.54) is 12.1 Å². The van der Waals surface area contributed by atoms with Crippen LogP contribution in [0.3, 0.4) is 0 Å². The molecular formula is C25H25N3O10. The van der Waals surface area contributed by atoms with Crippen molar-refractivity contribution in [3.05, 3.63) is 98.3 Å². The first kappa shape index (κ1) is 28.0. The Morgan fingerprint density at radius 2 is 1.55 bits per heavy atom. The SMILES string of the molecule is Cc1ccc(/C(=N\O)c2ccc(OC(=O)CCC(=O)OCC(O)OC(O)n3ccc(=O)[nH]c3=O)cc2)cc1. The number of hydrogen-bond donors (Lipinski definition) is 4. The fourth-order valence-electron chi connectivity index (χ4n) is 3.14. The summed E-state index contributed by atoms with van der Waals surface area (Å²) in [6.07, 6.45) is -3.48. The van der Waals surface area contributed by atoms with E-state index in [4.69, 9.17) is 14.2 Å². The maximum atomic E-state index is 12.1. The van der Waals surface area contributed by atoms with Gasteiger partial charge in [-0.05, 0) is 31.2 Å². The molecule has 38 heavy (non-hydrogen) atoms. The average molecular weight is 527 g/mol. The Morgan fingerprint density at radius 1 is 0.947 bits per heavy atom. The molecule has 3 aromatic rings. The number of aliphatic hydroxyl groups excluding tert-OH is 2. The third-order valence-corrected chi connectivity index (χ3v) is 5.07. The maximum absolute atomic E-state index is 12.1. The average Bonchev–Trinajstić information content (AvgIpc) is 2.88. The molecule has 0 aliphatic heterocycles. The number of aromatic nitrogens is 2. The zero-order valence-electron chi connectivity index (χ0n) is 20.1. The Balaban J connectivity index is 1.42. The Bertz CT molecular complexity index is 1390. The number of esters is 2. The molecule has 13 heteroatoms. The molecule has 0 radical (unpaired) electrons. The number of carbonyl (C=O) groups is 2. The van der Waals surface area contributed by atoms with E-state index in [1.807, 2.05) is 36.2 Å². The van der Waals surface area contributed by atoms with Crippen LogP contribution in [0.15, 0.2) is 75.5 Å². The highest BCUT2D eigenvalue weighted by atomic mass is 16.7. The summed E-state index contributed by atoms with van der Waals surface area (Å²) in [4.78, 5) is 48.5. The monoisotopic (exact) mass is 527 g/mol. The van der Waals surface area contributed by atoms with Crippen molar-refractivity contribution < 1.29 is 39.2 Å². The summed E-state index contributed by atoms with van der Waals surface area (Å²) in [5.74, 6) is -1.35. The minimum atomic E-state index is -1.95. The summed E-state index contributed by atoms with van der Waals surface area (Å²) in [7, 11) is 0. The molecule has 3 rings (SSSR count). The number of nitrogens with one attached hydrogen (secondary N) is 1. The van der Waals surface area contributed by atoms with Gasteiger partial charge in [0.1, 0.15) is 18.1 Å². The summed E-state index contributed by atoms with van der Waals surface area (Å²) in [6, 6.07) is 14.6. The van der Waals surface area contributed by atoms with Gasteiger partial charge in [0.05, 0.1) is 12.8 Å². The van der Waals surface area contributed by atoms with Crippen LogP contribution < -0.4 is 16.0 Å². The van der Waals surface area contributed by atoms with Crippen molar-refractivity contribution in [2.24, 2.45) is 5.16 Å². The van der Waals surface area contributed by atoms with Gasteiger partial charge in [0.15, 0.2) is 6.29 Å². The molecular weight excluding hydrogens is 502 g/mol. The Morgan fingerprint density at radius 3 is 2.16 bits per heavy atom. The summed E-state index contributed by atoms with van der Waals surface area (Å²) in [5, 5.41) is 32.3. The first-order valence-corrected chi connectivity index (χ1v) is 11.2. The van der Waals surface area contributed by atoms with E-state index in [0.717, 1.165) is 17.8 Å². The van der Waals surface area contributed by atoms with Gasteiger partial charge in [0.2, 0.25) is 6.41 Å². The van der Waals surface area contributed by atoms with E-state index in [9.17, 15) is 34.6 Å². The second-order valence-corrected chi connectivity index (χ2v) is 7.93. The quantitative estimate of drug-likeness (QED) is 0.0692. The summed E-state index contributed by atoms with van der Waals surface area (Å²) in [6.45, 7) is 1.24. The van der Waals surface area contributed by atoms with Gasteiger partial charge >= 0.3 is 17.6 Å². The molecule has 2 aromatic carbocycles. The number of carbonyl (C=O) groups excluding carboxylic acids is 2. The molecule has 0 aliphatic rings. The van der Waals surface area contributed by atoms with Crippen LogP contribution in [0, 0.1) is 6.92 Å². The maximum Gasteiger partial charge on any atom is 0.332 e. The number of aliphatic hydroxyl groups is 2. The number of H-pyrrole nitrogens is 1. The van der Waals surface area contributed by atoms with Gasteiger partial charge in [0, 0.05) is 23.4 Å². The number of aryl methyl sites for hydroxylation is 1. The van der Waals surface area contributed by atoms with Crippen LogP contribution in [-0.2, 0) is 19.1 Å². The highest BCUT2D eigenvalue weighted by Crippen LogP contribution is 2.17. The minimum Gasteiger partial charge on any atom is -0.460 e. The topological polar surface area (TPSA) is 190 Å². The number of benzene rings is 2. The van der Waals surface area contributed by atoms with E-state index >= 15 is 0 Å². The number of nitrogens with zero attached hydrogens (tertiary/aromatic N) is 2. The number of oxime groups is 1. The molecule has 0 aliphatic carbocycles. The van der Waals surface area contributed by atoms with Crippen molar-refractivity contribution in [3.63, 3.8) is 0 Å². The lowest BCUT2D eigenvalue weighted by Crippen LogP contribution is -2.35. The number of hydrogen-bond acceptors (Lipinski definition) is 11. The highest BCUT2D eigenvalue weighted by molar-refractivity contribution is 6.12. The van der Waals surface area contributed by atoms with Gasteiger partial charge in [-0.3, -0.25) is 23.9 Å². The predicted octanol–water partition coefficient (Wildman–Crippen LogP) is 0.784. The van der Waals surface area contributed by atoms with Crippen molar-refractivity contribution >= 4 is 17.7 Å². The molecule has 0 fully saturated rings. The fraction of sp³-hybridized carbons (Fsp3) is 0.240. The van der Waals surface area contributed by atoms with Gasteiger partial charge in [0.25, 0.3) is 5.56 Å². The van der Waals surface area contributed by atoms with E-state index in [1.54, 1.807) is 12.1 Å². The third kappa shape index (κ3) is 7.96. The molecule has 4 N–H and O–H groups in total. The first-order valence-electron chi connectivity index (χ1n) is 11.2. The second kappa shape index (κ2) is 13.1. The van der Waals surface area contributed by atoms with Crippen LogP contribution >= 0.6 is 0 Å². The van der Waals surface area contributed by atoms with Crippen LogP contribution in [-0.4, -0.2) is 55.5 Å². The molecule has 1 aromatic heterocycles. The summed E-state index contributed by atoms with van der Waals surface area (Å²) >= 11 is 0. The van der Waals surface area contributed by atoms with Crippen LogP contribution in [0.1, 0.15) is 35.9 Å². The van der Waals surface area contributed by atoms with Crippen molar-refractivity contribution in [1.82, 2.24) is 9.55 Å². The van der Waals surface area contributed by atoms with Crippen LogP contribution in [0.25, 0.3) is 0 Å². The lowest BCUT2D eigenvalue weighted by atomic mass is 10.0. The lowest BCUT2D eigenvalue weighted by molar-refractivity contribution is -0.256. The Labute approximate surface area is 215 Å². The van der Waals surface area contributed by atoms with E-state index in [0.29, 0.717) is 21.4 Å². The van der Waals surface area contributed by atoms with Crippen molar-refractivity contribution in [2.75, 3.05) is 6.61 Å². The van der Waals surface area contributed by atoms with Crippen molar-refractivity contribution in [1.29, 1.82) is 0 Å². The number of ether oxygens (including phenoxy) is 3. The van der Waals surface area contributed by atoms with Gasteiger partial charge < -0.3 is 29.6 Å². The highest BCUT2D eigenvalue weighted by Gasteiger charge is 2.18. The van der Waals surface area contributed by atoms with E-state index < -0.39 is 42.5 Å². The van der Waals surface area contributed by atoms with Crippen molar-refractivity contribution in [3.8, 4) is 5.75 Å². The number of aromatic amines is 1. The molecule has 2 atom stereocenters. The predicted molar refractivity (Wildman–Crippen MR) is 131 cm³/mol. The molecule has 2 unspecified atom stereocenters. The zero-order chi connectivity index (χ0) is 27.7. The third-order valence-electron chi connectivity index (χ3n) is 5.07. The molecule has 13 nitrogen and oxygen atoms in total. The molecule has 0 spiro atoms. The Kier molecular flexibility index (Phi) is 9.65. The fourth-order valence-corrected chi connectivity index (χ4v) is 3.14. The van der Waals surface area contributed by atoms with Gasteiger partial charge in [-0.2, -0.15) is 0 Å². The van der Waals surface area contributed by atoms with Crippen LogP contribution in [0.4, 0.5) is 0 Å². The summed E-state index contributed by atoms with van der Waals surface area (Å²) in [5.41, 5.74) is 1.03. The standard InChI is InChI=1S/C25H25N3O10/c1-15-2-4-16(5-3-15)23(27-35)17-6-8-18(9-7-17)37-21(31)11-10-20(30)36-14-22(32)38-25(34)28-13-12-19(29)26-24(28)33/h2-9,12-13,22,25,32,34-35H,10-11,14H2,1H3,(H,26,29,33)/b27-23+. The smallest absolute Gasteiger partial charge is 0.332 e. The zero-order valence-corrected chi connectivity index (χ0v) is 20.1. The van der Waals surface area contributed by atoms with Gasteiger partial charge in [-0.15, -0.1) is 0 Å². The Hall–Kier alpha value is -4.59. The first-order chi connectivity index (χ1) is 18.2. The minimum absolute atomic E-state index is 0.212. The largest absolute Gasteiger partial charge is 0.460 e. The molecule has 0 saturated heterocycles. The molecule has 1 heterocycles. The lowest BCUT2D eigenvalue weighted by Gasteiger charge is -2.18. The molecule has 0 amide bonds. The normalized spacial score (nSPS) is 13.0. The van der Waals surface area contributed by atoms with Crippen LogP contribution in [0.2, 0.25) is 0 Å². The van der Waals surface area contributed by atoms with Gasteiger partial charge in [-0.1, -0.05) is 35.0 Å². The van der Waals surface area contributed by atoms with Gasteiger partial charge in [-0.25, -0.2) is 4.79 Å². The molecule has 0 bridgehead atoms. The van der Waals surface area contributed by atoms with Crippen LogP contribution in [0.5, 0.6) is 5.75 Å². The van der Waals surface area contributed by atoms with E-state index in [-0.39, 0.29) is 18.6 Å². The molecule has 200 valence electrons. The summed E-state index contributed by atoms with van der Waals surface area (Å²) < 4.78 is 15.3. The number of rotatable bonds is 11. The second-order valence-electron chi connectivity index (χ2n) is 7.93. The van der Waals surface area contributed by atoms with Crippen molar-refractivity contribution in [2.45, 2.75) is 32.5 Å². The van der Waals surface area contributed by atoms with E-state index in [2.05, 4.69) is 5.16 Å².